The van der Waals surface area contributed by atoms with Gasteiger partial charge in [0, 0.05) is 5.56 Å². The highest BCUT2D eigenvalue weighted by molar-refractivity contribution is 7.18. The number of ether oxygens (including phenoxy) is 1. The van der Waals surface area contributed by atoms with E-state index in [4.69, 9.17) is 4.74 Å². The van der Waals surface area contributed by atoms with Crippen LogP contribution in [-0.2, 0) is 9.59 Å². The van der Waals surface area contributed by atoms with Gasteiger partial charge < -0.3 is 4.74 Å². The molecule has 0 aliphatic heterocycles. The van der Waals surface area contributed by atoms with Crippen LogP contribution in [0.2, 0.25) is 0 Å². The van der Waals surface area contributed by atoms with E-state index in [1.54, 1.807) is 24.3 Å². The smallest absolute Gasteiger partial charge is 0.329 e. The van der Waals surface area contributed by atoms with E-state index in [9.17, 15) is 9.59 Å². The van der Waals surface area contributed by atoms with Crippen LogP contribution in [0.5, 0.6) is 5.75 Å². The van der Waals surface area contributed by atoms with E-state index in [-0.39, 0.29) is 5.13 Å². The third kappa shape index (κ3) is 5.21. The van der Waals surface area contributed by atoms with Gasteiger partial charge in [-0.2, -0.15) is 5.10 Å². The zero-order valence-corrected chi connectivity index (χ0v) is 15.8. The minimum atomic E-state index is -0.904. The van der Waals surface area contributed by atoms with Crippen LogP contribution >= 0.6 is 11.3 Å². The molecule has 3 rings (SSSR count). The van der Waals surface area contributed by atoms with Crippen molar-refractivity contribution in [1.29, 1.82) is 0 Å². The van der Waals surface area contributed by atoms with Crippen LogP contribution in [0.1, 0.15) is 12.5 Å². The lowest BCUT2D eigenvalue weighted by Gasteiger charge is -2.02. The average Bonchev–Trinajstić information content (AvgIpc) is 3.18. The molecule has 1 aromatic heterocycles. The molecule has 2 amide bonds. The molecule has 0 spiro atoms. The maximum absolute atomic E-state index is 11.9. The monoisotopic (exact) mass is 395 g/mol. The molecule has 2 aromatic carbocycles. The Bertz CT molecular complexity index is 971. The molecule has 0 aliphatic carbocycles. The second kappa shape index (κ2) is 9.38. The van der Waals surface area contributed by atoms with Gasteiger partial charge in [-0.1, -0.05) is 41.7 Å². The summed E-state index contributed by atoms with van der Waals surface area (Å²) in [4.78, 5) is 23.8. The van der Waals surface area contributed by atoms with Gasteiger partial charge in [0.1, 0.15) is 10.8 Å². The van der Waals surface area contributed by atoms with Crippen molar-refractivity contribution in [3.63, 3.8) is 0 Å². The van der Waals surface area contributed by atoms with Crippen molar-refractivity contribution in [2.45, 2.75) is 6.92 Å². The highest BCUT2D eigenvalue weighted by Gasteiger charge is 2.16. The highest BCUT2D eigenvalue weighted by Crippen LogP contribution is 2.25. The SMILES string of the molecule is CCOc1ccc(/C=N\NC(=O)C(=O)Nc2nnc(-c3ccccc3)s2)cc1. The Balaban J connectivity index is 1.52. The first-order valence-electron chi connectivity index (χ1n) is 8.42. The average molecular weight is 395 g/mol. The molecule has 28 heavy (non-hydrogen) atoms. The van der Waals surface area contributed by atoms with E-state index in [1.807, 2.05) is 37.3 Å². The summed E-state index contributed by atoms with van der Waals surface area (Å²) in [6.45, 7) is 2.49. The number of hydrazone groups is 1. The fourth-order valence-corrected chi connectivity index (χ4v) is 2.90. The van der Waals surface area contributed by atoms with Crippen LogP contribution in [0.25, 0.3) is 10.6 Å². The van der Waals surface area contributed by atoms with Crippen molar-refractivity contribution >= 4 is 34.5 Å². The molecule has 0 fully saturated rings. The molecular weight excluding hydrogens is 378 g/mol. The zero-order chi connectivity index (χ0) is 19.8. The van der Waals surface area contributed by atoms with E-state index in [1.165, 1.54) is 17.6 Å². The third-order valence-corrected chi connectivity index (χ3v) is 4.33. The van der Waals surface area contributed by atoms with Crippen LogP contribution in [0.15, 0.2) is 59.7 Å². The van der Waals surface area contributed by atoms with Crippen LogP contribution < -0.4 is 15.5 Å². The summed E-state index contributed by atoms with van der Waals surface area (Å²) in [5.74, 6) is -1.03. The number of anilines is 1. The van der Waals surface area contributed by atoms with E-state index in [0.717, 1.165) is 16.9 Å². The number of hydrogen-bond donors (Lipinski definition) is 2. The summed E-state index contributed by atoms with van der Waals surface area (Å²) >= 11 is 1.17. The maximum Gasteiger partial charge on any atom is 0.329 e. The molecule has 3 aromatic rings. The van der Waals surface area contributed by atoms with Crippen LogP contribution in [0, 0.1) is 0 Å². The summed E-state index contributed by atoms with van der Waals surface area (Å²) < 4.78 is 5.34. The molecule has 2 N–H and O–H groups in total. The summed E-state index contributed by atoms with van der Waals surface area (Å²) in [6, 6.07) is 16.6. The Morgan fingerprint density at radius 2 is 1.82 bits per heavy atom. The zero-order valence-electron chi connectivity index (χ0n) is 15.0. The molecule has 0 bridgehead atoms. The number of carbonyl (C=O) groups is 2. The van der Waals surface area contributed by atoms with Gasteiger partial charge in [-0.05, 0) is 36.8 Å². The fourth-order valence-electron chi connectivity index (χ4n) is 2.16. The van der Waals surface area contributed by atoms with Gasteiger partial charge in [-0.3, -0.25) is 14.9 Å². The number of nitrogens with one attached hydrogen (secondary N) is 2. The second-order valence-corrected chi connectivity index (χ2v) is 6.41. The van der Waals surface area contributed by atoms with Crippen LogP contribution in [0.3, 0.4) is 0 Å². The normalized spacial score (nSPS) is 10.6. The standard InChI is InChI=1S/C19H17N5O3S/c1-2-27-15-10-8-13(9-11-15)12-20-22-17(26)16(25)21-19-24-23-18(28-19)14-6-4-3-5-7-14/h3-12H,2H2,1H3,(H,22,26)(H,21,24,25)/b20-12-. The van der Waals surface area contributed by atoms with E-state index >= 15 is 0 Å². The Hall–Kier alpha value is -3.59. The minimum Gasteiger partial charge on any atom is -0.494 e. The molecule has 8 nitrogen and oxygen atoms in total. The van der Waals surface area contributed by atoms with Crippen molar-refractivity contribution < 1.29 is 14.3 Å². The van der Waals surface area contributed by atoms with Crippen molar-refractivity contribution in [2.24, 2.45) is 5.10 Å². The number of aromatic nitrogens is 2. The number of carbonyl (C=O) groups excluding carboxylic acids is 2. The predicted octanol–water partition coefficient (Wildman–Crippen LogP) is 2.69. The number of benzene rings is 2. The van der Waals surface area contributed by atoms with Gasteiger partial charge in [-0.25, -0.2) is 5.43 Å². The lowest BCUT2D eigenvalue weighted by atomic mass is 10.2. The quantitative estimate of drug-likeness (QED) is 0.379. The molecule has 0 radical (unpaired) electrons. The summed E-state index contributed by atoms with van der Waals surface area (Å²) in [5.41, 5.74) is 3.80. The Morgan fingerprint density at radius 1 is 1.07 bits per heavy atom. The summed E-state index contributed by atoms with van der Waals surface area (Å²) in [5, 5.41) is 14.9. The first-order chi connectivity index (χ1) is 13.7. The lowest BCUT2D eigenvalue weighted by molar-refractivity contribution is -0.136. The van der Waals surface area contributed by atoms with Crippen molar-refractivity contribution in [3.05, 3.63) is 60.2 Å². The Morgan fingerprint density at radius 3 is 2.54 bits per heavy atom. The lowest BCUT2D eigenvalue weighted by Crippen LogP contribution is -2.32. The topological polar surface area (TPSA) is 106 Å². The first-order valence-corrected chi connectivity index (χ1v) is 9.23. The van der Waals surface area contributed by atoms with Gasteiger partial charge in [0.05, 0.1) is 12.8 Å². The number of hydrogen-bond acceptors (Lipinski definition) is 7. The summed E-state index contributed by atoms with van der Waals surface area (Å²) in [7, 11) is 0. The molecule has 9 heteroatoms. The van der Waals surface area contributed by atoms with Crippen molar-refractivity contribution in [1.82, 2.24) is 15.6 Å². The second-order valence-electron chi connectivity index (χ2n) is 5.43. The first kappa shape index (κ1) is 19.2. The molecule has 0 saturated carbocycles. The number of rotatable bonds is 6. The highest BCUT2D eigenvalue weighted by atomic mass is 32.1. The van der Waals surface area contributed by atoms with Crippen molar-refractivity contribution in [2.75, 3.05) is 11.9 Å². The molecule has 0 atom stereocenters. The molecule has 0 saturated heterocycles. The fraction of sp³-hybridized carbons (Fsp3) is 0.105. The van der Waals surface area contributed by atoms with Gasteiger partial charge in [0.25, 0.3) is 0 Å². The van der Waals surface area contributed by atoms with E-state index in [2.05, 4.69) is 26.0 Å². The largest absolute Gasteiger partial charge is 0.494 e. The predicted molar refractivity (Wildman–Crippen MR) is 107 cm³/mol. The van der Waals surface area contributed by atoms with Gasteiger partial charge in [0.15, 0.2) is 0 Å². The molecular formula is C19H17N5O3S. The van der Waals surface area contributed by atoms with Crippen LogP contribution in [-0.4, -0.2) is 34.8 Å². The number of amides is 2. The van der Waals surface area contributed by atoms with Gasteiger partial charge in [0.2, 0.25) is 5.13 Å². The minimum absolute atomic E-state index is 0.231. The van der Waals surface area contributed by atoms with E-state index in [0.29, 0.717) is 11.6 Å². The maximum atomic E-state index is 11.9. The van der Waals surface area contributed by atoms with Gasteiger partial charge >= 0.3 is 11.8 Å². The van der Waals surface area contributed by atoms with E-state index < -0.39 is 11.8 Å². The Labute approximate surface area is 165 Å². The molecule has 1 heterocycles. The summed E-state index contributed by atoms with van der Waals surface area (Å²) in [6.07, 6.45) is 1.43. The number of nitrogens with zero attached hydrogens (tertiary/aromatic N) is 3. The molecule has 0 unspecified atom stereocenters. The van der Waals surface area contributed by atoms with Gasteiger partial charge in [-0.15, -0.1) is 10.2 Å². The molecule has 142 valence electrons. The molecule has 0 aliphatic rings. The van der Waals surface area contributed by atoms with Crippen molar-refractivity contribution in [3.8, 4) is 16.3 Å². The third-order valence-electron chi connectivity index (χ3n) is 3.44. The Kier molecular flexibility index (Phi) is 6.42. The van der Waals surface area contributed by atoms with Crippen LogP contribution in [0.4, 0.5) is 5.13 Å².